The molecule has 170 valence electrons. The highest BCUT2D eigenvalue weighted by Crippen LogP contribution is 2.24. The molecule has 4 aromatic rings. The molecule has 0 N–H and O–H groups in total. The number of pyridine rings is 1. The van der Waals surface area contributed by atoms with Gasteiger partial charge in [0.2, 0.25) is 0 Å². The van der Waals surface area contributed by atoms with Crippen LogP contribution in [0, 0.1) is 20.8 Å². The van der Waals surface area contributed by atoms with Crippen molar-refractivity contribution in [3.63, 3.8) is 0 Å². The zero-order chi connectivity index (χ0) is 23.5. The van der Waals surface area contributed by atoms with Crippen molar-refractivity contribution in [2.45, 2.75) is 32.5 Å². The molecule has 0 unspecified atom stereocenters. The number of Topliss-reactive ketones (excluding diaryl/α,β-unsaturated/α-hetero) is 1. The fourth-order valence-electron chi connectivity index (χ4n) is 3.87. The molecular formula is C25H26N4O3S. The summed E-state index contributed by atoms with van der Waals surface area (Å²) in [6.07, 6.45) is 1.67. The molecule has 0 aliphatic heterocycles. The van der Waals surface area contributed by atoms with Gasteiger partial charge in [-0.05, 0) is 56.7 Å². The summed E-state index contributed by atoms with van der Waals surface area (Å²) in [7, 11) is 1.66. The summed E-state index contributed by atoms with van der Waals surface area (Å²) < 4.78 is 8.77. The first-order chi connectivity index (χ1) is 15.9. The average Bonchev–Trinajstić information content (AvgIpc) is 3.09. The van der Waals surface area contributed by atoms with Crippen LogP contribution in [-0.4, -0.2) is 44.4 Å². The van der Waals surface area contributed by atoms with E-state index in [-0.39, 0.29) is 17.1 Å². The summed E-state index contributed by atoms with van der Waals surface area (Å²) in [5, 5.41) is 0.955. The van der Waals surface area contributed by atoms with Crippen LogP contribution in [0.5, 0.6) is 0 Å². The van der Waals surface area contributed by atoms with Crippen LogP contribution in [0.25, 0.3) is 16.7 Å². The van der Waals surface area contributed by atoms with E-state index in [1.54, 1.807) is 25.4 Å². The maximum Gasteiger partial charge on any atom is 0.267 e. The van der Waals surface area contributed by atoms with E-state index in [2.05, 4.69) is 9.55 Å². The molecule has 0 radical (unpaired) electrons. The van der Waals surface area contributed by atoms with E-state index in [0.717, 1.165) is 17.0 Å². The Labute approximate surface area is 196 Å². The van der Waals surface area contributed by atoms with Crippen LogP contribution < -0.4 is 5.56 Å². The minimum absolute atomic E-state index is 0.0112. The Hall–Kier alpha value is -3.23. The van der Waals surface area contributed by atoms with E-state index in [9.17, 15) is 9.59 Å². The number of rotatable bonds is 8. The number of carbonyl (C=O) groups is 1. The topological polar surface area (TPSA) is 79.0 Å². The highest BCUT2D eigenvalue weighted by atomic mass is 32.2. The Balaban J connectivity index is 1.70. The third-order valence-corrected chi connectivity index (χ3v) is 6.54. The minimum atomic E-state index is -0.202. The molecule has 33 heavy (non-hydrogen) atoms. The number of hydrogen-bond donors (Lipinski definition) is 0. The zero-order valence-corrected chi connectivity index (χ0v) is 20.0. The molecule has 0 atom stereocenters. The molecule has 0 aliphatic carbocycles. The van der Waals surface area contributed by atoms with E-state index < -0.39 is 0 Å². The lowest BCUT2D eigenvalue weighted by molar-refractivity contribution is 0.102. The van der Waals surface area contributed by atoms with Crippen molar-refractivity contribution in [3.05, 3.63) is 81.5 Å². The van der Waals surface area contributed by atoms with Crippen molar-refractivity contribution >= 4 is 28.4 Å². The molecule has 0 amide bonds. The fraction of sp³-hybridized carbons (Fsp3) is 0.280. The number of aryl methyl sites for hydroxylation is 2. The SMILES string of the molecule is COCCn1c(C)cc(C(=O)CSc2nc3ccccc3c(=O)n2-c2cc(C)ccn2)c1C. The standard InChI is InChI=1S/C25H26N4O3S/c1-16-9-10-26-23(13-16)29-24(31)19-7-5-6-8-21(19)27-25(29)33-15-22(30)20-14-17(2)28(18(20)3)11-12-32-4/h5-10,13-14H,11-12,15H2,1-4H3. The molecule has 3 aromatic heterocycles. The number of carbonyl (C=O) groups excluding carboxylic acids is 1. The summed E-state index contributed by atoms with van der Waals surface area (Å²) >= 11 is 1.25. The maximum absolute atomic E-state index is 13.3. The van der Waals surface area contributed by atoms with Crippen molar-refractivity contribution in [1.29, 1.82) is 0 Å². The zero-order valence-electron chi connectivity index (χ0n) is 19.2. The van der Waals surface area contributed by atoms with Gasteiger partial charge < -0.3 is 9.30 Å². The third kappa shape index (κ3) is 4.62. The number of ether oxygens (including phenoxy) is 1. The average molecular weight is 463 g/mol. The third-order valence-electron chi connectivity index (χ3n) is 5.60. The predicted molar refractivity (Wildman–Crippen MR) is 131 cm³/mol. The van der Waals surface area contributed by atoms with Gasteiger partial charge >= 0.3 is 0 Å². The van der Waals surface area contributed by atoms with Crippen LogP contribution in [0.4, 0.5) is 0 Å². The Bertz CT molecular complexity index is 1390. The number of para-hydroxylation sites is 1. The first-order valence-corrected chi connectivity index (χ1v) is 11.7. The van der Waals surface area contributed by atoms with Crippen molar-refractivity contribution in [3.8, 4) is 5.82 Å². The lowest BCUT2D eigenvalue weighted by atomic mass is 10.2. The molecule has 0 saturated heterocycles. The lowest BCUT2D eigenvalue weighted by Crippen LogP contribution is -2.23. The lowest BCUT2D eigenvalue weighted by Gasteiger charge is -2.13. The van der Waals surface area contributed by atoms with Crippen LogP contribution in [0.3, 0.4) is 0 Å². The molecule has 0 saturated carbocycles. The van der Waals surface area contributed by atoms with Gasteiger partial charge in [-0.15, -0.1) is 0 Å². The van der Waals surface area contributed by atoms with Crippen molar-refractivity contribution in [2.24, 2.45) is 0 Å². The van der Waals surface area contributed by atoms with Gasteiger partial charge in [0.05, 0.1) is 23.3 Å². The number of fused-ring (bicyclic) bond motifs is 1. The quantitative estimate of drug-likeness (QED) is 0.223. The van der Waals surface area contributed by atoms with Gasteiger partial charge in [-0.1, -0.05) is 23.9 Å². The van der Waals surface area contributed by atoms with Crippen LogP contribution >= 0.6 is 11.8 Å². The maximum atomic E-state index is 13.3. The molecule has 0 spiro atoms. The first-order valence-electron chi connectivity index (χ1n) is 10.7. The molecule has 4 rings (SSSR count). The number of thioether (sulfide) groups is 1. The highest BCUT2D eigenvalue weighted by Gasteiger charge is 2.19. The Morgan fingerprint density at radius 2 is 1.91 bits per heavy atom. The molecular weight excluding hydrogens is 436 g/mol. The molecule has 1 aromatic carbocycles. The predicted octanol–water partition coefficient (Wildman–Crippen LogP) is 4.13. The van der Waals surface area contributed by atoms with E-state index >= 15 is 0 Å². The first kappa shape index (κ1) is 22.9. The molecule has 7 nitrogen and oxygen atoms in total. The van der Waals surface area contributed by atoms with Crippen molar-refractivity contribution in [1.82, 2.24) is 19.1 Å². The van der Waals surface area contributed by atoms with E-state index in [1.807, 2.05) is 51.1 Å². The van der Waals surface area contributed by atoms with Crippen LogP contribution in [0.15, 0.2) is 58.6 Å². The summed E-state index contributed by atoms with van der Waals surface area (Å²) in [6.45, 7) is 7.15. The Morgan fingerprint density at radius 3 is 2.67 bits per heavy atom. The number of aromatic nitrogens is 4. The number of nitrogens with zero attached hydrogens (tertiary/aromatic N) is 4. The van der Waals surface area contributed by atoms with Crippen LogP contribution in [-0.2, 0) is 11.3 Å². The highest BCUT2D eigenvalue weighted by molar-refractivity contribution is 7.99. The van der Waals surface area contributed by atoms with Crippen LogP contribution in [0.2, 0.25) is 0 Å². The second-order valence-corrected chi connectivity index (χ2v) is 8.83. The number of ketones is 1. The normalized spacial score (nSPS) is 11.3. The Morgan fingerprint density at radius 1 is 1.12 bits per heavy atom. The van der Waals surface area contributed by atoms with Gasteiger partial charge in [0, 0.05) is 36.8 Å². The Kier molecular flexibility index (Phi) is 6.76. The molecule has 0 bridgehead atoms. The van der Waals surface area contributed by atoms with E-state index in [0.29, 0.717) is 40.6 Å². The van der Waals surface area contributed by atoms with E-state index in [4.69, 9.17) is 9.72 Å². The molecule has 8 heteroatoms. The second-order valence-electron chi connectivity index (χ2n) is 7.88. The number of methoxy groups -OCH3 is 1. The van der Waals surface area contributed by atoms with Gasteiger partial charge in [0.1, 0.15) is 5.82 Å². The largest absolute Gasteiger partial charge is 0.383 e. The minimum Gasteiger partial charge on any atom is -0.383 e. The van der Waals surface area contributed by atoms with Crippen LogP contribution in [0.1, 0.15) is 27.3 Å². The summed E-state index contributed by atoms with van der Waals surface area (Å²) in [6, 6.07) is 12.8. The monoisotopic (exact) mass is 462 g/mol. The summed E-state index contributed by atoms with van der Waals surface area (Å²) in [5.41, 5.74) is 3.99. The van der Waals surface area contributed by atoms with Crippen molar-refractivity contribution in [2.75, 3.05) is 19.5 Å². The van der Waals surface area contributed by atoms with Gasteiger partial charge in [-0.3, -0.25) is 9.59 Å². The molecule has 0 aliphatic rings. The second kappa shape index (κ2) is 9.72. The number of hydrogen-bond acceptors (Lipinski definition) is 6. The fourth-order valence-corrected chi connectivity index (χ4v) is 4.76. The van der Waals surface area contributed by atoms with Gasteiger partial charge in [0.25, 0.3) is 5.56 Å². The van der Waals surface area contributed by atoms with E-state index in [1.165, 1.54) is 16.3 Å². The summed E-state index contributed by atoms with van der Waals surface area (Å²) in [4.78, 5) is 35.6. The summed E-state index contributed by atoms with van der Waals surface area (Å²) in [5.74, 6) is 0.638. The van der Waals surface area contributed by atoms with Gasteiger partial charge in [-0.25, -0.2) is 14.5 Å². The van der Waals surface area contributed by atoms with Gasteiger partial charge in [-0.2, -0.15) is 0 Å². The van der Waals surface area contributed by atoms with Crippen molar-refractivity contribution < 1.29 is 9.53 Å². The smallest absolute Gasteiger partial charge is 0.267 e. The molecule has 3 heterocycles. The van der Waals surface area contributed by atoms with Gasteiger partial charge in [0.15, 0.2) is 10.9 Å². The number of benzene rings is 1. The molecule has 0 fully saturated rings.